The first-order valence-corrected chi connectivity index (χ1v) is 5.87. The van der Waals surface area contributed by atoms with Gasteiger partial charge in [-0.25, -0.2) is 0 Å². The number of unbranched alkanes of at least 4 members (excludes halogenated alkanes) is 2. The molecule has 0 aromatic rings. The second-order valence-electron chi connectivity index (χ2n) is 5.19. The van der Waals surface area contributed by atoms with Crippen molar-refractivity contribution in [3.05, 3.63) is 0 Å². The molecule has 0 saturated carbocycles. The average molecular weight is 217 g/mol. The van der Waals surface area contributed by atoms with Gasteiger partial charge in [0, 0.05) is 18.6 Å². The average Bonchev–Trinajstić information content (AvgIpc) is 2.11. The number of rotatable bonds is 8. The van der Waals surface area contributed by atoms with Crippen molar-refractivity contribution in [1.82, 2.24) is 4.90 Å². The molecule has 92 valence electrons. The van der Waals surface area contributed by atoms with Crippen LogP contribution in [0.4, 0.5) is 0 Å². The fourth-order valence-corrected chi connectivity index (χ4v) is 1.58. The van der Waals surface area contributed by atoms with Crippen molar-refractivity contribution >= 4 is 0 Å². The third-order valence-electron chi connectivity index (χ3n) is 3.01. The molecule has 0 aromatic carbocycles. The van der Waals surface area contributed by atoms with Crippen LogP contribution in [0.2, 0.25) is 0 Å². The lowest BCUT2D eigenvalue weighted by Gasteiger charge is -2.32. The lowest BCUT2D eigenvalue weighted by molar-refractivity contribution is 0.0405. The van der Waals surface area contributed by atoms with Gasteiger partial charge in [0.1, 0.15) is 0 Å². The van der Waals surface area contributed by atoms with Crippen LogP contribution in [0.25, 0.3) is 0 Å². The first-order valence-electron chi connectivity index (χ1n) is 5.87. The summed E-state index contributed by atoms with van der Waals surface area (Å²) in [5.74, 6) is 0. The summed E-state index contributed by atoms with van der Waals surface area (Å²) in [6, 6.07) is 0. The highest BCUT2D eigenvalue weighted by Gasteiger charge is 2.25. The minimum atomic E-state index is -0.280. The number of aliphatic hydroxyl groups excluding tert-OH is 2. The molecule has 0 aliphatic carbocycles. The standard InChI is InChI=1S/C12H27NO2/c1-11(15)12(2,3)10-13(4)8-6-5-7-9-14/h11,14-15H,5-10H2,1-4H3. The second kappa shape index (κ2) is 7.20. The molecule has 2 N–H and O–H groups in total. The van der Waals surface area contributed by atoms with Crippen molar-refractivity contribution in [3.8, 4) is 0 Å². The van der Waals surface area contributed by atoms with E-state index in [1.165, 1.54) is 0 Å². The summed E-state index contributed by atoms with van der Waals surface area (Å²) in [5.41, 5.74) is -0.0499. The molecule has 0 aliphatic heterocycles. The van der Waals surface area contributed by atoms with Crippen molar-refractivity contribution in [2.75, 3.05) is 26.7 Å². The molecular weight excluding hydrogens is 190 g/mol. The maximum absolute atomic E-state index is 9.58. The van der Waals surface area contributed by atoms with Crippen LogP contribution in [-0.4, -0.2) is 48.0 Å². The molecule has 0 amide bonds. The van der Waals surface area contributed by atoms with E-state index in [1.54, 1.807) is 0 Å². The van der Waals surface area contributed by atoms with Crippen molar-refractivity contribution in [2.45, 2.75) is 46.1 Å². The fourth-order valence-electron chi connectivity index (χ4n) is 1.58. The van der Waals surface area contributed by atoms with Crippen LogP contribution in [0.5, 0.6) is 0 Å². The van der Waals surface area contributed by atoms with Crippen molar-refractivity contribution < 1.29 is 10.2 Å². The minimum absolute atomic E-state index is 0.0499. The van der Waals surface area contributed by atoms with Crippen LogP contribution in [0, 0.1) is 5.41 Å². The maximum atomic E-state index is 9.58. The van der Waals surface area contributed by atoms with E-state index in [1.807, 2.05) is 6.92 Å². The lowest BCUT2D eigenvalue weighted by Crippen LogP contribution is -2.39. The van der Waals surface area contributed by atoms with Gasteiger partial charge in [0.05, 0.1) is 6.10 Å². The van der Waals surface area contributed by atoms with Gasteiger partial charge >= 0.3 is 0 Å². The van der Waals surface area contributed by atoms with Gasteiger partial charge < -0.3 is 15.1 Å². The van der Waals surface area contributed by atoms with Gasteiger partial charge in [0.25, 0.3) is 0 Å². The topological polar surface area (TPSA) is 43.7 Å². The zero-order valence-corrected chi connectivity index (χ0v) is 10.7. The van der Waals surface area contributed by atoms with E-state index in [2.05, 4.69) is 25.8 Å². The van der Waals surface area contributed by atoms with E-state index in [9.17, 15) is 5.11 Å². The van der Waals surface area contributed by atoms with Crippen LogP contribution >= 0.6 is 0 Å². The first kappa shape index (κ1) is 14.9. The van der Waals surface area contributed by atoms with E-state index in [-0.39, 0.29) is 11.5 Å². The second-order valence-corrected chi connectivity index (χ2v) is 5.19. The zero-order valence-electron chi connectivity index (χ0n) is 10.7. The largest absolute Gasteiger partial charge is 0.396 e. The Balaban J connectivity index is 3.68. The lowest BCUT2D eigenvalue weighted by atomic mass is 9.87. The van der Waals surface area contributed by atoms with Crippen LogP contribution in [0.1, 0.15) is 40.0 Å². The summed E-state index contributed by atoms with van der Waals surface area (Å²) in [6.45, 7) is 8.26. The maximum Gasteiger partial charge on any atom is 0.0575 e. The fraction of sp³-hybridized carbons (Fsp3) is 1.00. The van der Waals surface area contributed by atoms with Crippen LogP contribution in [0.15, 0.2) is 0 Å². The number of hydrogen-bond acceptors (Lipinski definition) is 3. The summed E-state index contributed by atoms with van der Waals surface area (Å²) in [7, 11) is 2.09. The van der Waals surface area contributed by atoms with Crippen molar-refractivity contribution in [3.63, 3.8) is 0 Å². The van der Waals surface area contributed by atoms with E-state index in [4.69, 9.17) is 5.11 Å². The van der Waals surface area contributed by atoms with Gasteiger partial charge in [-0.1, -0.05) is 13.8 Å². The highest BCUT2D eigenvalue weighted by atomic mass is 16.3. The van der Waals surface area contributed by atoms with E-state index in [0.29, 0.717) is 6.61 Å². The van der Waals surface area contributed by atoms with Crippen LogP contribution in [0.3, 0.4) is 0 Å². The third kappa shape index (κ3) is 6.88. The molecule has 0 bridgehead atoms. The van der Waals surface area contributed by atoms with E-state index in [0.717, 1.165) is 32.4 Å². The summed E-state index contributed by atoms with van der Waals surface area (Å²) >= 11 is 0. The predicted molar refractivity (Wildman–Crippen MR) is 63.9 cm³/mol. The Morgan fingerprint density at radius 3 is 2.27 bits per heavy atom. The Morgan fingerprint density at radius 1 is 1.20 bits per heavy atom. The molecule has 0 saturated heterocycles. The molecule has 3 heteroatoms. The minimum Gasteiger partial charge on any atom is -0.396 e. The number of nitrogens with zero attached hydrogens (tertiary/aromatic N) is 1. The van der Waals surface area contributed by atoms with Crippen molar-refractivity contribution in [2.24, 2.45) is 5.41 Å². The Morgan fingerprint density at radius 2 is 1.80 bits per heavy atom. The molecule has 0 heterocycles. The molecule has 0 spiro atoms. The summed E-state index contributed by atoms with van der Waals surface area (Å²) < 4.78 is 0. The summed E-state index contributed by atoms with van der Waals surface area (Å²) in [4.78, 5) is 2.25. The molecule has 0 aliphatic rings. The monoisotopic (exact) mass is 217 g/mol. The molecule has 0 radical (unpaired) electrons. The Hall–Kier alpha value is -0.120. The Kier molecular flexibility index (Phi) is 7.14. The summed E-state index contributed by atoms with van der Waals surface area (Å²) in [5, 5.41) is 18.2. The molecule has 15 heavy (non-hydrogen) atoms. The predicted octanol–water partition coefficient (Wildman–Crippen LogP) is 1.49. The van der Waals surface area contributed by atoms with Crippen LogP contribution < -0.4 is 0 Å². The Bertz CT molecular complexity index is 158. The molecule has 0 fully saturated rings. The molecule has 1 unspecified atom stereocenters. The van der Waals surface area contributed by atoms with E-state index >= 15 is 0 Å². The SMILES string of the molecule is CC(O)C(C)(C)CN(C)CCCCCO. The zero-order chi connectivity index (χ0) is 11.9. The van der Waals surface area contributed by atoms with Gasteiger partial charge in [-0.05, 0) is 39.8 Å². The number of hydrogen-bond donors (Lipinski definition) is 2. The smallest absolute Gasteiger partial charge is 0.0575 e. The molecular formula is C12H27NO2. The highest BCUT2D eigenvalue weighted by molar-refractivity contribution is 4.77. The van der Waals surface area contributed by atoms with Gasteiger partial charge in [-0.15, -0.1) is 0 Å². The molecule has 0 rings (SSSR count). The quantitative estimate of drug-likeness (QED) is 0.605. The first-order chi connectivity index (χ1) is 6.90. The molecule has 3 nitrogen and oxygen atoms in total. The van der Waals surface area contributed by atoms with Crippen LogP contribution in [-0.2, 0) is 0 Å². The van der Waals surface area contributed by atoms with E-state index < -0.39 is 0 Å². The molecule has 0 aromatic heterocycles. The van der Waals surface area contributed by atoms with Gasteiger partial charge in [0.2, 0.25) is 0 Å². The van der Waals surface area contributed by atoms with Crippen molar-refractivity contribution in [1.29, 1.82) is 0 Å². The van der Waals surface area contributed by atoms with Gasteiger partial charge in [-0.3, -0.25) is 0 Å². The third-order valence-corrected chi connectivity index (χ3v) is 3.01. The summed E-state index contributed by atoms with van der Waals surface area (Å²) in [6.07, 6.45) is 2.81. The Labute approximate surface area is 94.1 Å². The highest BCUT2D eigenvalue weighted by Crippen LogP contribution is 2.21. The normalized spacial score (nSPS) is 14.6. The van der Waals surface area contributed by atoms with Gasteiger partial charge in [0.15, 0.2) is 0 Å². The van der Waals surface area contributed by atoms with Gasteiger partial charge in [-0.2, -0.15) is 0 Å². The molecule has 1 atom stereocenters. The number of aliphatic hydroxyl groups is 2.